The molecule has 0 spiro atoms. The van der Waals surface area contributed by atoms with E-state index in [-0.39, 0.29) is 23.0 Å². The number of Topliss-reactive ketones (excluding diaryl/α,β-unsaturated/α-hetero) is 1. The molecule has 8 heteroatoms. The Labute approximate surface area is 178 Å². The molecule has 0 bridgehead atoms. The molecule has 0 saturated heterocycles. The highest BCUT2D eigenvalue weighted by atomic mass is 16.7. The van der Waals surface area contributed by atoms with Gasteiger partial charge in [-0.2, -0.15) is 5.48 Å². The number of benzene rings is 2. The summed E-state index contributed by atoms with van der Waals surface area (Å²) in [4.78, 5) is 37.3. The first kappa shape index (κ1) is 20.3. The van der Waals surface area contributed by atoms with Crippen LogP contribution in [0.3, 0.4) is 0 Å². The van der Waals surface area contributed by atoms with E-state index < -0.39 is 5.91 Å². The van der Waals surface area contributed by atoms with Gasteiger partial charge >= 0.3 is 5.91 Å². The second-order valence-corrected chi connectivity index (χ2v) is 7.30. The van der Waals surface area contributed by atoms with E-state index in [9.17, 15) is 14.7 Å². The van der Waals surface area contributed by atoms with E-state index in [1.807, 2.05) is 0 Å². The molecule has 1 aliphatic rings. The summed E-state index contributed by atoms with van der Waals surface area (Å²) in [7, 11) is 0. The number of rotatable bonds is 8. The number of phenolic OH excluding ortho intramolecular Hbond substituents is 1. The summed E-state index contributed by atoms with van der Waals surface area (Å²) in [5.41, 5.74) is 3.71. The molecule has 3 aromatic rings. The lowest BCUT2D eigenvalue weighted by Crippen LogP contribution is -2.28. The summed E-state index contributed by atoms with van der Waals surface area (Å²) in [6.45, 7) is 1.98. The van der Waals surface area contributed by atoms with Crippen LogP contribution in [0.4, 0.5) is 0 Å². The Morgan fingerprint density at radius 2 is 1.97 bits per heavy atom. The number of carbonyl (C=O) groups excluding carboxylic acids is 2. The third-order valence-electron chi connectivity index (χ3n) is 4.88. The number of ketones is 1. The molecule has 0 radical (unpaired) electrons. The van der Waals surface area contributed by atoms with E-state index in [1.165, 1.54) is 31.6 Å². The van der Waals surface area contributed by atoms with Crippen molar-refractivity contribution in [1.82, 2.24) is 15.4 Å². The van der Waals surface area contributed by atoms with E-state index in [1.54, 1.807) is 30.3 Å². The van der Waals surface area contributed by atoms with Gasteiger partial charge in [-0.15, -0.1) is 0 Å². The largest absolute Gasteiger partial charge is 0.507 e. The van der Waals surface area contributed by atoms with Gasteiger partial charge in [0.05, 0.1) is 18.4 Å². The Hall–Kier alpha value is -3.94. The fourth-order valence-electron chi connectivity index (χ4n) is 3.01. The van der Waals surface area contributed by atoms with Crippen molar-refractivity contribution in [2.75, 3.05) is 6.61 Å². The first-order valence-corrected chi connectivity index (χ1v) is 9.86. The number of ether oxygens (including phenoxy) is 1. The van der Waals surface area contributed by atoms with Gasteiger partial charge in [0.25, 0.3) is 0 Å². The number of carbonyl (C=O) groups is 2. The van der Waals surface area contributed by atoms with E-state index in [0.29, 0.717) is 35.0 Å². The average molecular weight is 419 g/mol. The summed E-state index contributed by atoms with van der Waals surface area (Å²) in [5, 5.41) is 10.6. The number of nitrogens with one attached hydrogen (secondary N) is 1. The lowest BCUT2D eigenvalue weighted by Gasteiger charge is -2.17. The second-order valence-electron chi connectivity index (χ2n) is 7.30. The summed E-state index contributed by atoms with van der Waals surface area (Å²) < 4.78 is 5.99. The standard InChI is InChI=1S/C23H21N3O5/c1-14(27)16-7-8-17(19(28)11-16)22-20(30-13-15-5-6-15)3-2-4-21(22)31-26-23(29)18-12-24-9-10-25-18/h2-4,7-12,15,28H,5-6,13H2,1H3,(H,26,29). The van der Waals surface area contributed by atoms with Crippen LogP contribution in [-0.4, -0.2) is 33.4 Å². The van der Waals surface area contributed by atoms with E-state index in [4.69, 9.17) is 9.57 Å². The zero-order valence-corrected chi connectivity index (χ0v) is 16.9. The highest BCUT2D eigenvalue weighted by Gasteiger charge is 2.24. The minimum absolute atomic E-state index is 0.0962. The Balaban J connectivity index is 1.66. The molecule has 0 unspecified atom stereocenters. The van der Waals surface area contributed by atoms with E-state index >= 15 is 0 Å². The molecule has 2 N–H and O–H groups in total. The van der Waals surface area contributed by atoms with Gasteiger partial charge in [-0.3, -0.25) is 14.6 Å². The SMILES string of the molecule is CC(=O)c1ccc(-c2c(OCC3CC3)cccc2ONC(=O)c2cnccn2)c(O)c1. The second kappa shape index (κ2) is 8.83. The minimum Gasteiger partial charge on any atom is -0.507 e. The molecule has 1 heterocycles. The molecule has 0 atom stereocenters. The number of aromatic hydroxyl groups is 1. The Morgan fingerprint density at radius 3 is 2.65 bits per heavy atom. The van der Waals surface area contributed by atoms with Crippen molar-refractivity contribution in [2.45, 2.75) is 19.8 Å². The van der Waals surface area contributed by atoms with Crippen LogP contribution >= 0.6 is 0 Å². The molecule has 1 aromatic heterocycles. The van der Waals surface area contributed by atoms with Gasteiger partial charge < -0.3 is 14.7 Å². The molecule has 31 heavy (non-hydrogen) atoms. The average Bonchev–Trinajstić information content (AvgIpc) is 3.61. The maximum Gasteiger partial charge on any atom is 0.304 e. The van der Waals surface area contributed by atoms with Crippen molar-refractivity contribution in [1.29, 1.82) is 0 Å². The summed E-state index contributed by atoms with van der Waals surface area (Å²) in [6.07, 6.45) is 6.43. The normalized spacial score (nSPS) is 12.8. The smallest absolute Gasteiger partial charge is 0.304 e. The van der Waals surface area contributed by atoms with Crippen LogP contribution in [-0.2, 0) is 0 Å². The number of phenols is 1. The van der Waals surface area contributed by atoms with E-state index in [0.717, 1.165) is 12.8 Å². The van der Waals surface area contributed by atoms with Crippen molar-refractivity contribution >= 4 is 11.7 Å². The Kier molecular flexibility index (Phi) is 5.79. The molecule has 2 aromatic carbocycles. The topological polar surface area (TPSA) is 111 Å². The first-order chi connectivity index (χ1) is 15.0. The fourth-order valence-corrected chi connectivity index (χ4v) is 3.01. The maximum atomic E-state index is 12.3. The van der Waals surface area contributed by atoms with Crippen molar-refractivity contribution in [2.24, 2.45) is 5.92 Å². The quantitative estimate of drug-likeness (QED) is 0.424. The van der Waals surface area contributed by atoms with Crippen LogP contribution in [0, 0.1) is 5.92 Å². The van der Waals surface area contributed by atoms with Crippen LogP contribution in [0.15, 0.2) is 55.0 Å². The van der Waals surface area contributed by atoms with Gasteiger partial charge in [-0.05, 0) is 49.9 Å². The molecule has 158 valence electrons. The third kappa shape index (κ3) is 4.80. The molecule has 1 aliphatic carbocycles. The highest BCUT2D eigenvalue weighted by Crippen LogP contribution is 2.43. The van der Waals surface area contributed by atoms with Crippen LogP contribution in [0.25, 0.3) is 11.1 Å². The van der Waals surface area contributed by atoms with Crippen molar-refractivity contribution in [3.63, 3.8) is 0 Å². The van der Waals surface area contributed by atoms with Gasteiger partial charge in [-0.1, -0.05) is 12.1 Å². The predicted octanol–water partition coefficient (Wildman–Crippen LogP) is 3.56. The van der Waals surface area contributed by atoms with Gasteiger partial charge in [0.15, 0.2) is 11.5 Å². The summed E-state index contributed by atoms with van der Waals surface area (Å²) in [5.74, 6) is 0.468. The van der Waals surface area contributed by atoms with Crippen molar-refractivity contribution < 1.29 is 24.3 Å². The van der Waals surface area contributed by atoms with Gasteiger partial charge in [-0.25, -0.2) is 4.98 Å². The zero-order valence-electron chi connectivity index (χ0n) is 16.9. The predicted molar refractivity (Wildman–Crippen MR) is 112 cm³/mol. The monoisotopic (exact) mass is 419 g/mol. The molecular weight excluding hydrogens is 398 g/mol. The highest BCUT2D eigenvalue weighted by molar-refractivity contribution is 5.96. The zero-order chi connectivity index (χ0) is 21.8. The molecule has 4 rings (SSSR count). The van der Waals surface area contributed by atoms with Crippen molar-refractivity contribution in [3.05, 3.63) is 66.2 Å². The molecule has 1 amide bonds. The number of nitrogens with zero attached hydrogens (tertiary/aromatic N) is 2. The molecule has 8 nitrogen and oxygen atoms in total. The summed E-state index contributed by atoms with van der Waals surface area (Å²) in [6, 6.07) is 9.80. The Morgan fingerprint density at radius 1 is 1.16 bits per heavy atom. The molecular formula is C23H21N3O5. The number of aromatic nitrogens is 2. The summed E-state index contributed by atoms with van der Waals surface area (Å²) >= 11 is 0. The van der Waals surface area contributed by atoms with Crippen LogP contribution in [0.1, 0.15) is 40.6 Å². The lowest BCUT2D eigenvalue weighted by atomic mass is 9.99. The number of amides is 1. The minimum atomic E-state index is -0.570. The molecule has 1 fully saturated rings. The molecule has 1 saturated carbocycles. The lowest BCUT2D eigenvalue weighted by molar-refractivity contribution is 0.0754. The van der Waals surface area contributed by atoms with Gasteiger partial charge in [0.1, 0.15) is 17.2 Å². The van der Waals surface area contributed by atoms with Crippen LogP contribution in [0.2, 0.25) is 0 Å². The Bertz CT molecular complexity index is 1110. The van der Waals surface area contributed by atoms with Gasteiger partial charge in [0, 0.05) is 23.5 Å². The van der Waals surface area contributed by atoms with Crippen LogP contribution < -0.4 is 15.1 Å². The van der Waals surface area contributed by atoms with Gasteiger partial charge in [0.2, 0.25) is 0 Å². The van der Waals surface area contributed by atoms with Crippen LogP contribution in [0.5, 0.6) is 17.2 Å². The van der Waals surface area contributed by atoms with Crippen molar-refractivity contribution in [3.8, 4) is 28.4 Å². The third-order valence-corrected chi connectivity index (χ3v) is 4.88. The first-order valence-electron chi connectivity index (χ1n) is 9.86. The number of hydrogen-bond donors (Lipinski definition) is 2. The number of hydroxylamine groups is 1. The number of hydrogen-bond acceptors (Lipinski definition) is 7. The maximum absolute atomic E-state index is 12.3. The van der Waals surface area contributed by atoms with E-state index in [2.05, 4.69) is 15.4 Å². The fraction of sp³-hybridized carbons (Fsp3) is 0.217. The molecule has 0 aliphatic heterocycles.